The number of benzene rings is 1. The lowest BCUT2D eigenvalue weighted by molar-refractivity contribution is 0.381. The van der Waals surface area contributed by atoms with Gasteiger partial charge in [0.05, 0.1) is 17.1 Å². The molecular weight excluding hydrogens is 248 g/mol. The predicted octanol–water partition coefficient (Wildman–Crippen LogP) is 2.74. The number of nitrogens with zero attached hydrogens (tertiary/aromatic N) is 3. The Labute approximate surface area is 121 Å². The first-order valence-electron chi connectivity index (χ1n) is 7.30. The van der Waals surface area contributed by atoms with Crippen LogP contribution in [0.15, 0.2) is 18.2 Å². The van der Waals surface area contributed by atoms with E-state index < -0.39 is 0 Å². The lowest BCUT2D eigenvalue weighted by atomic mass is 10.0. The van der Waals surface area contributed by atoms with E-state index in [1.54, 1.807) is 0 Å². The maximum atomic E-state index is 6.09. The molecule has 2 rings (SSSR count). The highest BCUT2D eigenvalue weighted by Crippen LogP contribution is 2.24. The Bertz CT molecular complexity index is 581. The molecule has 2 N–H and O–H groups in total. The Hall–Kier alpha value is -1.39. The van der Waals surface area contributed by atoms with Crippen molar-refractivity contribution in [3.8, 4) is 0 Å². The minimum absolute atomic E-state index is 0.0490. The molecule has 1 aromatic heterocycles. The largest absolute Gasteiger partial charge is 0.325 e. The molecule has 1 atom stereocenters. The maximum absolute atomic E-state index is 6.09. The number of rotatable bonds is 5. The Morgan fingerprint density at radius 1 is 1.25 bits per heavy atom. The van der Waals surface area contributed by atoms with Crippen LogP contribution in [0.4, 0.5) is 0 Å². The lowest BCUT2D eigenvalue weighted by Gasteiger charge is -2.15. The standard InChI is InChI=1S/C16H26N4/c1-11(2)13-6-7-15-14(10-13)18-16(12(3)17)20(15)9-8-19(4)5/h6-7,10-12H,8-9,17H2,1-5H3. The SMILES string of the molecule is CC(C)c1ccc2c(c1)nc(C(C)N)n2CCN(C)C. The molecule has 2 aromatic rings. The van der Waals surface area contributed by atoms with Crippen LogP contribution in [-0.2, 0) is 6.54 Å². The van der Waals surface area contributed by atoms with Gasteiger partial charge < -0.3 is 15.2 Å². The second kappa shape index (κ2) is 5.94. The number of likely N-dealkylation sites (N-methyl/N-ethyl adjacent to an activating group) is 1. The van der Waals surface area contributed by atoms with Crippen molar-refractivity contribution >= 4 is 11.0 Å². The van der Waals surface area contributed by atoms with E-state index in [2.05, 4.69) is 55.6 Å². The van der Waals surface area contributed by atoms with Gasteiger partial charge in [-0.15, -0.1) is 0 Å². The van der Waals surface area contributed by atoms with Crippen LogP contribution in [0.25, 0.3) is 11.0 Å². The smallest absolute Gasteiger partial charge is 0.126 e. The zero-order valence-electron chi connectivity index (χ0n) is 13.2. The number of aromatic nitrogens is 2. The zero-order valence-corrected chi connectivity index (χ0v) is 13.2. The van der Waals surface area contributed by atoms with Crippen LogP contribution in [0, 0.1) is 0 Å². The summed E-state index contributed by atoms with van der Waals surface area (Å²) in [4.78, 5) is 6.93. The average Bonchev–Trinajstić information content (AvgIpc) is 2.73. The van der Waals surface area contributed by atoms with Crippen LogP contribution in [0.2, 0.25) is 0 Å². The second-order valence-electron chi connectivity index (χ2n) is 6.12. The van der Waals surface area contributed by atoms with Gasteiger partial charge in [-0.2, -0.15) is 0 Å². The zero-order chi connectivity index (χ0) is 14.9. The fraction of sp³-hybridized carbons (Fsp3) is 0.562. The van der Waals surface area contributed by atoms with Crippen LogP contribution in [0.1, 0.15) is 44.1 Å². The Balaban J connectivity index is 2.49. The van der Waals surface area contributed by atoms with Crippen LogP contribution >= 0.6 is 0 Å². The van der Waals surface area contributed by atoms with Crippen molar-refractivity contribution in [1.29, 1.82) is 0 Å². The molecule has 20 heavy (non-hydrogen) atoms. The number of hydrogen-bond acceptors (Lipinski definition) is 3. The van der Waals surface area contributed by atoms with Gasteiger partial charge in [0.25, 0.3) is 0 Å². The molecule has 0 aliphatic rings. The first-order valence-corrected chi connectivity index (χ1v) is 7.30. The van der Waals surface area contributed by atoms with Crippen LogP contribution in [-0.4, -0.2) is 35.1 Å². The lowest BCUT2D eigenvalue weighted by Crippen LogP contribution is -2.21. The number of nitrogens with two attached hydrogens (primary N) is 1. The van der Waals surface area contributed by atoms with Gasteiger partial charge in [0.15, 0.2) is 0 Å². The van der Waals surface area contributed by atoms with Gasteiger partial charge in [0.1, 0.15) is 5.82 Å². The van der Waals surface area contributed by atoms with Crippen molar-refractivity contribution in [2.24, 2.45) is 5.73 Å². The molecule has 1 unspecified atom stereocenters. The average molecular weight is 274 g/mol. The molecule has 0 fully saturated rings. The maximum Gasteiger partial charge on any atom is 0.126 e. The van der Waals surface area contributed by atoms with Crippen molar-refractivity contribution in [3.05, 3.63) is 29.6 Å². The van der Waals surface area contributed by atoms with Gasteiger partial charge in [-0.1, -0.05) is 19.9 Å². The van der Waals surface area contributed by atoms with Gasteiger partial charge in [0, 0.05) is 13.1 Å². The minimum atomic E-state index is -0.0490. The summed E-state index contributed by atoms with van der Waals surface area (Å²) in [6.45, 7) is 8.31. The molecule has 0 aliphatic carbocycles. The molecule has 0 bridgehead atoms. The van der Waals surface area contributed by atoms with Crippen LogP contribution in [0.3, 0.4) is 0 Å². The van der Waals surface area contributed by atoms with Crippen molar-refractivity contribution in [3.63, 3.8) is 0 Å². The Kier molecular flexibility index (Phi) is 4.45. The predicted molar refractivity (Wildman–Crippen MR) is 85.0 cm³/mol. The van der Waals surface area contributed by atoms with Gasteiger partial charge >= 0.3 is 0 Å². The van der Waals surface area contributed by atoms with E-state index >= 15 is 0 Å². The Morgan fingerprint density at radius 2 is 1.95 bits per heavy atom. The third-order valence-electron chi connectivity index (χ3n) is 3.65. The fourth-order valence-corrected chi connectivity index (χ4v) is 2.41. The summed E-state index contributed by atoms with van der Waals surface area (Å²) in [5.74, 6) is 1.49. The van der Waals surface area contributed by atoms with Gasteiger partial charge in [-0.25, -0.2) is 4.98 Å². The van der Waals surface area contributed by atoms with Gasteiger partial charge in [0.2, 0.25) is 0 Å². The van der Waals surface area contributed by atoms with Crippen molar-refractivity contribution < 1.29 is 0 Å². The van der Waals surface area contributed by atoms with Crippen molar-refractivity contribution in [2.45, 2.75) is 39.3 Å². The van der Waals surface area contributed by atoms with Crippen molar-refractivity contribution in [1.82, 2.24) is 14.5 Å². The molecule has 110 valence electrons. The van der Waals surface area contributed by atoms with E-state index in [4.69, 9.17) is 10.7 Å². The third kappa shape index (κ3) is 3.02. The molecule has 0 amide bonds. The number of fused-ring (bicyclic) bond motifs is 1. The molecule has 0 saturated heterocycles. The first kappa shape index (κ1) is 15.0. The molecule has 0 aliphatic heterocycles. The van der Waals surface area contributed by atoms with Crippen LogP contribution < -0.4 is 5.73 Å². The summed E-state index contributed by atoms with van der Waals surface area (Å²) >= 11 is 0. The molecular formula is C16H26N4. The normalized spacial score (nSPS) is 13.6. The highest BCUT2D eigenvalue weighted by Gasteiger charge is 2.14. The summed E-state index contributed by atoms with van der Waals surface area (Å²) < 4.78 is 2.25. The topological polar surface area (TPSA) is 47.1 Å². The highest BCUT2D eigenvalue weighted by atomic mass is 15.1. The van der Waals surface area contributed by atoms with Gasteiger partial charge in [-0.3, -0.25) is 0 Å². The van der Waals surface area contributed by atoms with E-state index in [-0.39, 0.29) is 6.04 Å². The van der Waals surface area contributed by atoms with E-state index in [1.807, 2.05) is 6.92 Å². The number of imidazole rings is 1. The van der Waals surface area contributed by atoms with E-state index in [0.717, 1.165) is 24.4 Å². The summed E-state index contributed by atoms with van der Waals surface area (Å²) in [5.41, 5.74) is 9.65. The second-order valence-corrected chi connectivity index (χ2v) is 6.12. The molecule has 0 saturated carbocycles. The quantitative estimate of drug-likeness (QED) is 0.912. The van der Waals surface area contributed by atoms with E-state index in [1.165, 1.54) is 11.1 Å². The monoisotopic (exact) mass is 274 g/mol. The van der Waals surface area contributed by atoms with E-state index in [9.17, 15) is 0 Å². The third-order valence-corrected chi connectivity index (χ3v) is 3.65. The molecule has 4 heteroatoms. The summed E-state index contributed by atoms with van der Waals surface area (Å²) in [6.07, 6.45) is 0. The van der Waals surface area contributed by atoms with Crippen molar-refractivity contribution in [2.75, 3.05) is 20.6 Å². The van der Waals surface area contributed by atoms with E-state index in [0.29, 0.717) is 5.92 Å². The number of hydrogen-bond donors (Lipinski definition) is 1. The highest BCUT2D eigenvalue weighted by molar-refractivity contribution is 5.77. The molecule has 1 heterocycles. The van der Waals surface area contributed by atoms with Gasteiger partial charge in [-0.05, 0) is 44.6 Å². The van der Waals surface area contributed by atoms with Crippen LogP contribution in [0.5, 0.6) is 0 Å². The summed E-state index contributed by atoms with van der Waals surface area (Å²) in [7, 11) is 4.17. The summed E-state index contributed by atoms with van der Waals surface area (Å²) in [6, 6.07) is 6.52. The summed E-state index contributed by atoms with van der Waals surface area (Å²) in [5, 5.41) is 0. The minimum Gasteiger partial charge on any atom is -0.325 e. The molecule has 0 radical (unpaired) electrons. The first-order chi connectivity index (χ1) is 9.40. The molecule has 4 nitrogen and oxygen atoms in total. The Morgan fingerprint density at radius 3 is 2.50 bits per heavy atom. The molecule has 1 aromatic carbocycles. The molecule has 0 spiro atoms. The fourth-order valence-electron chi connectivity index (χ4n) is 2.41.